The molecule has 0 bridgehead atoms. The molecule has 1 spiro atoms. The maximum absolute atomic E-state index is 12.2. The van der Waals surface area contributed by atoms with Crippen LogP contribution in [0.25, 0.3) is 0 Å². The Balaban J connectivity index is 1.25. The summed E-state index contributed by atoms with van der Waals surface area (Å²) in [5.41, 5.74) is 1.62. The van der Waals surface area contributed by atoms with Gasteiger partial charge >= 0.3 is 6.09 Å². The van der Waals surface area contributed by atoms with Gasteiger partial charge in [-0.2, -0.15) is 5.10 Å². The van der Waals surface area contributed by atoms with E-state index in [1.807, 2.05) is 17.9 Å². The number of hydrogen-bond donors (Lipinski definition) is 0. The highest BCUT2D eigenvalue weighted by atomic mass is 16.6. The molecule has 2 saturated heterocycles. The van der Waals surface area contributed by atoms with E-state index >= 15 is 0 Å². The SMILES string of the molecule is [B]C([B])(C)OC(=O)N1CCC2(CC(N3CCC(c4ccnn4C)CC3)C2)C1. The molecule has 0 unspecified atom stereocenters. The van der Waals surface area contributed by atoms with E-state index in [9.17, 15) is 4.79 Å². The molecule has 27 heavy (non-hydrogen) atoms. The van der Waals surface area contributed by atoms with Crippen molar-refractivity contribution in [2.24, 2.45) is 12.5 Å². The average molecular weight is 366 g/mol. The minimum atomic E-state index is -1.41. The first-order valence-electron chi connectivity index (χ1n) is 10.0. The Morgan fingerprint density at radius 2 is 2.00 bits per heavy atom. The number of carbonyl (C=O) groups excluding carboxylic acids is 1. The topological polar surface area (TPSA) is 50.6 Å². The molecule has 3 fully saturated rings. The van der Waals surface area contributed by atoms with Gasteiger partial charge in [0.25, 0.3) is 0 Å². The number of ether oxygens (including phenoxy) is 1. The Morgan fingerprint density at radius 1 is 1.30 bits per heavy atom. The summed E-state index contributed by atoms with van der Waals surface area (Å²) >= 11 is 0. The van der Waals surface area contributed by atoms with E-state index in [-0.39, 0.29) is 11.5 Å². The van der Waals surface area contributed by atoms with Crippen LogP contribution in [0, 0.1) is 5.41 Å². The molecule has 0 N–H and O–H groups in total. The molecular weight excluding hydrogens is 338 g/mol. The number of hydrogen-bond acceptors (Lipinski definition) is 4. The smallest absolute Gasteiger partial charge is 0.408 e. The summed E-state index contributed by atoms with van der Waals surface area (Å²) in [6.07, 6.45) is 7.31. The van der Waals surface area contributed by atoms with Crippen LogP contribution in [0.4, 0.5) is 4.79 Å². The maximum Gasteiger partial charge on any atom is 0.408 e. The van der Waals surface area contributed by atoms with Crippen LogP contribution in [-0.4, -0.2) is 79.0 Å². The number of likely N-dealkylation sites (tertiary alicyclic amines) is 2. The molecule has 4 radical (unpaired) electrons. The fraction of sp³-hybridized carbons (Fsp3) is 0.789. The van der Waals surface area contributed by atoms with Crippen LogP contribution in [0.2, 0.25) is 0 Å². The summed E-state index contributed by atoms with van der Waals surface area (Å²) in [7, 11) is 13.2. The van der Waals surface area contributed by atoms with Crippen molar-refractivity contribution in [2.75, 3.05) is 26.2 Å². The summed E-state index contributed by atoms with van der Waals surface area (Å²) in [5, 5.41) is 2.90. The van der Waals surface area contributed by atoms with Gasteiger partial charge in [0, 0.05) is 49.4 Å². The van der Waals surface area contributed by atoms with E-state index < -0.39 is 5.40 Å². The quantitative estimate of drug-likeness (QED) is 0.763. The standard InChI is InChI=1S/C19H28B2N4O2/c1-18(20,21)27-17(26)25-10-6-19(13-25)11-15(12-19)24-8-4-14(5-9-24)16-3-7-22-23(16)2/h3,7,14-15H,4-6,8-13H2,1-2H3. The normalized spacial score (nSPS) is 29.9. The first-order chi connectivity index (χ1) is 12.7. The van der Waals surface area contributed by atoms with Crippen LogP contribution in [0.5, 0.6) is 0 Å². The molecule has 3 heterocycles. The fourth-order valence-electron chi connectivity index (χ4n) is 5.22. The van der Waals surface area contributed by atoms with E-state index in [0.29, 0.717) is 12.0 Å². The molecule has 1 amide bonds. The van der Waals surface area contributed by atoms with Crippen molar-refractivity contribution in [1.29, 1.82) is 0 Å². The Bertz CT molecular complexity index is 688. The molecule has 1 aromatic rings. The molecule has 8 heteroatoms. The van der Waals surface area contributed by atoms with Gasteiger partial charge in [0.2, 0.25) is 0 Å². The molecule has 6 nitrogen and oxygen atoms in total. The predicted molar refractivity (Wildman–Crippen MR) is 105 cm³/mol. The number of amides is 1. The first-order valence-corrected chi connectivity index (χ1v) is 10.0. The molecule has 1 saturated carbocycles. The van der Waals surface area contributed by atoms with Crippen LogP contribution in [0.15, 0.2) is 12.3 Å². The lowest BCUT2D eigenvalue weighted by Crippen LogP contribution is -2.54. The van der Waals surface area contributed by atoms with Crippen LogP contribution >= 0.6 is 0 Å². The Morgan fingerprint density at radius 3 is 2.59 bits per heavy atom. The van der Waals surface area contributed by atoms with Gasteiger partial charge in [-0.1, -0.05) is 0 Å². The summed E-state index contributed by atoms with van der Waals surface area (Å²) in [4.78, 5) is 16.6. The molecule has 2 aliphatic heterocycles. The number of aryl methyl sites for hydroxylation is 1. The van der Waals surface area contributed by atoms with Gasteiger partial charge in [-0.3, -0.25) is 4.68 Å². The number of carbonyl (C=O) groups is 1. The molecule has 0 aromatic carbocycles. The molecular formula is C19H28B2N4O2. The highest BCUT2D eigenvalue weighted by Crippen LogP contribution is 2.51. The van der Waals surface area contributed by atoms with Crippen LogP contribution in [0.3, 0.4) is 0 Å². The second kappa shape index (κ2) is 6.87. The number of piperidine rings is 1. The summed E-state index contributed by atoms with van der Waals surface area (Å²) in [6, 6.07) is 2.81. The third-order valence-corrected chi connectivity index (χ3v) is 6.66. The summed E-state index contributed by atoms with van der Waals surface area (Å²) in [5.74, 6) is 0.626. The number of aromatic nitrogens is 2. The Hall–Kier alpha value is -1.43. The van der Waals surface area contributed by atoms with E-state index in [4.69, 9.17) is 20.4 Å². The van der Waals surface area contributed by atoms with Gasteiger partial charge in [0.05, 0.1) is 0 Å². The van der Waals surface area contributed by atoms with Gasteiger partial charge in [0.1, 0.15) is 15.7 Å². The zero-order valence-electron chi connectivity index (χ0n) is 16.4. The van der Waals surface area contributed by atoms with Gasteiger partial charge in [-0.25, -0.2) is 4.79 Å². The highest BCUT2D eigenvalue weighted by Gasteiger charge is 2.51. The van der Waals surface area contributed by atoms with Crippen molar-refractivity contribution in [3.63, 3.8) is 0 Å². The monoisotopic (exact) mass is 366 g/mol. The molecule has 4 rings (SSSR count). The van der Waals surface area contributed by atoms with Gasteiger partial charge in [0.15, 0.2) is 0 Å². The first kappa shape index (κ1) is 18.9. The Labute approximate surface area is 164 Å². The molecule has 0 atom stereocenters. The zero-order chi connectivity index (χ0) is 19.2. The van der Waals surface area contributed by atoms with Crippen LogP contribution < -0.4 is 0 Å². The largest absolute Gasteiger partial charge is 0.464 e. The van der Waals surface area contributed by atoms with Crippen molar-refractivity contribution in [3.05, 3.63) is 18.0 Å². The minimum Gasteiger partial charge on any atom is -0.464 e. The third-order valence-electron chi connectivity index (χ3n) is 6.66. The van der Waals surface area contributed by atoms with E-state index in [1.54, 1.807) is 4.90 Å². The van der Waals surface area contributed by atoms with Crippen molar-refractivity contribution in [2.45, 2.75) is 56.4 Å². The molecule has 3 aliphatic rings. The average Bonchev–Trinajstić information content (AvgIpc) is 3.19. The van der Waals surface area contributed by atoms with Crippen molar-refractivity contribution in [1.82, 2.24) is 19.6 Å². The lowest BCUT2D eigenvalue weighted by Gasteiger charge is -2.51. The second-order valence-corrected chi connectivity index (χ2v) is 8.98. The maximum atomic E-state index is 12.2. The summed E-state index contributed by atoms with van der Waals surface area (Å²) in [6.45, 7) is 5.31. The van der Waals surface area contributed by atoms with Crippen molar-refractivity contribution < 1.29 is 9.53 Å². The number of nitrogens with zero attached hydrogens (tertiary/aromatic N) is 4. The number of rotatable bonds is 3. The van der Waals surface area contributed by atoms with Gasteiger partial charge in [-0.15, -0.1) is 0 Å². The highest BCUT2D eigenvalue weighted by molar-refractivity contribution is 6.39. The molecule has 1 aliphatic carbocycles. The second-order valence-electron chi connectivity index (χ2n) is 8.98. The van der Waals surface area contributed by atoms with Gasteiger partial charge < -0.3 is 14.5 Å². The molecule has 1 aromatic heterocycles. The Kier molecular flexibility index (Phi) is 4.81. The lowest BCUT2D eigenvalue weighted by atomic mass is 9.64. The van der Waals surface area contributed by atoms with Crippen molar-refractivity contribution in [3.8, 4) is 0 Å². The molecule has 142 valence electrons. The zero-order valence-corrected chi connectivity index (χ0v) is 16.4. The van der Waals surface area contributed by atoms with Gasteiger partial charge in [-0.05, 0) is 63.6 Å². The van der Waals surface area contributed by atoms with E-state index in [1.165, 1.54) is 38.3 Å². The van der Waals surface area contributed by atoms with Crippen molar-refractivity contribution >= 4 is 21.8 Å². The van der Waals surface area contributed by atoms with Crippen LogP contribution in [-0.2, 0) is 11.8 Å². The van der Waals surface area contributed by atoms with E-state index in [0.717, 1.165) is 32.6 Å². The van der Waals surface area contributed by atoms with E-state index in [2.05, 4.69) is 16.1 Å². The summed E-state index contributed by atoms with van der Waals surface area (Å²) < 4.78 is 7.12. The lowest BCUT2D eigenvalue weighted by molar-refractivity contribution is -0.00587. The third kappa shape index (κ3) is 3.91. The fourth-order valence-corrected chi connectivity index (χ4v) is 5.22. The predicted octanol–water partition coefficient (Wildman–Crippen LogP) is 1.60. The van der Waals surface area contributed by atoms with Crippen LogP contribution in [0.1, 0.15) is 50.6 Å². The minimum absolute atomic E-state index is 0.266.